The molecule has 0 aromatic carbocycles. The zero-order valence-electron chi connectivity index (χ0n) is 11.4. The highest BCUT2D eigenvalue weighted by Crippen LogP contribution is 2.29. The van der Waals surface area contributed by atoms with Crippen LogP contribution in [0.2, 0.25) is 0 Å². The second kappa shape index (κ2) is 6.98. The average molecular weight is 282 g/mol. The first-order chi connectivity index (χ1) is 9.20. The number of nitrogens with zero attached hydrogens (tertiary/aromatic N) is 1. The summed E-state index contributed by atoms with van der Waals surface area (Å²) in [4.78, 5) is 18.7. The summed E-state index contributed by atoms with van der Waals surface area (Å²) < 4.78 is 0. The van der Waals surface area contributed by atoms with Crippen LogP contribution in [0, 0.1) is 0 Å². The second-order valence-electron chi connectivity index (χ2n) is 5.14. The number of thioether (sulfide) groups is 1. The van der Waals surface area contributed by atoms with Crippen LogP contribution in [0.4, 0.5) is 0 Å². The lowest BCUT2D eigenvalue weighted by atomic mass is 10.0. The number of nitrogens with one attached hydrogen (secondary N) is 1. The van der Waals surface area contributed by atoms with Gasteiger partial charge in [0, 0.05) is 5.25 Å². The Labute approximate surface area is 118 Å². The van der Waals surface area contributed by atoms with Gasteiger partial charge in [-0.3, -0.25) is 4.79 Å². The highest BCUT2D eigenvalue weighted by atomic mass is 32.2. The molecule has 0 unspecified atom stereocenters. The van der Waals surface area contributed by atoms with Crippen LogP contribution in [0.5, 0.6) is 5.88 Å². The van der Waals surface area contributed by atoms with E-state index < -0.39 is 0 Å². The maximum absolute atomic E-state index is 11.8. The van der Waals surface area contributed by atoms with Crippen molar-refractivity contribution in [1.29, 1.82) is 0 Å². The summed E-state index contributed by atoms with van der Waals surface area (Å²) in [5.41, 5.74) is 0.225. The molecule has 0 bridgehead atoms. The number of hydrogen-bond acceptors (Lipinski definition) is 4. The molecule has 4 nitrogen and oxygen atoms in total. The molecule has 0 aliphatic heterocycles. The normalized spacial score (nSPS) is 16.7. The predicted octanol–water partition coefficient (Wildman–Crippen LogP) is 2.99. The number of H-pyrrole nitrogens is 1. The van der Waals surface area contributed by atoms with E-state index in [0.717, 1.165) is 6.42 Å². The molecule has 0 amide bonds. The smallest absolute Gasteiger partial charge is 0.257 e. The Morgan fingerprint density at radius 1 is 1.37 bits per heavy atom. The second-order valence-corrected chi connectivity index (χ2v) is 6.42. The van der Waals surface area contributed by atoms with Gasteiger partial charge in [0.05, 0.1) is 11.3 Å². The van der Waals surface area contributed by atoms with E-state index in [2.05, 4.69) is 9.97 Å². The van der Waals surface area contributed by atoms with Crippen LogP contribution in [0.1, 0.15) is 56.8 Å². The third-order valence-corrected chi connectivity index (χ3v) is 4.93. The van der Waals surface area contributed by atoms with Gasteiger partial charge in [-0.25, -0.2) is 0 Å². The van der Waals surface area contributed by atoms with E-state index in [1.807, 2.05) is 18.7 Å². The molecule has 1 saturated carbocycles. The SMILES string of the molecule is CCCc1c(O)nc(CSC2CCCCC2)[nH]c1=O. The molecule has 19 heavy (non-hydrogen) atoms. The molecule has 5 heteroatoms. The van der Waals surface area contributed by atoms with Crippen LogP contribution in [0.25, 0.3) is 0 Å². The van der Waals surface area contributed by atoms with Crippen molar-refractivity contribution in [2.45, 2.75) is 62.9 Å². The summed E-state index contributed by atoms with van der Waals surface area (Å²) in [7, 11) is 0. The van der Waals surface area contributed by atoms with Crippen molar-refractivity contribution in [3.63, 3.8) is 0 Å². The molecule has 0 radical (unpaired) electrons. The summed E-state index contributed by atoms with van der Waals surface area (Å²) in [6, 6.07) is 0. The van der Waals surface area contributed by atoms with Gasteiger partial charge >= 0.3 is 0 Å². The molecule has 1 aliphatic carbocycles. The lowest BCUT2D eigenvalue weighted by Crippen LogP contribution is -2.17. The standard InChI is InChI=1S/C14H22N2O2S/c1-2-6-11-13(17)15-12(16-14(11)18)9-19-10-7-4-3-5-8-10/h10H,2-9H2,1H3,(H2,15,16,17,18). The van der Waals surface area contributed by atoms with Crippen molar-refractivity contribution in [2.24, 2.45) is 0 Å². The first-order valence-corrected chi connectivity index (χ1v) is 8.18. The third kappa shape index (κ3) is 4.00. The molecule has 1 fully saturated rings. The Kier molecular flexibility index (Phi) is 5.31. The van der Waals surface area contributed by atoms with Gasteiger partial charge in [0.2, 0.25) is 5.88 Å². The highest BCUT2D eigenvalue weighted by molar-refractivity contribution is 7.99. The highest BCUT2D eigenvalue weighted by Gasteiger charge is 2.15. The minimum atomic E-state index is -0.186. The summed E-state index contributed by atoms with van der Waals surface area (Å²) in [6.45, 7) is 1.98. The summed E-state index contributed by atoms with van der Waals surface area (Å²) in [5.74, 6) is 1.18. The Balaban J connectivity index is 1.98. The summed E-state index contributed by atoms with van der Waals surface area (Å²) >= 11 is 1.84. The lowest BCUT2D eigenvalue weighted by Gasteiger charge is -2.20. The van der Waals surface area contributed by atoms with Crippen molar-refractivity contribution >= 4 is 11.8 Å². The predicted molar refractivity (Wildman–Crippen MR) is 78.7 cm³/mol. The van der Waals surface area contributed by atoms with E-state index in [1.165, 1.54) is 32.1 Å². The van der Waals surface area contributed by atoms with Crippen LogP contribution in [0.15, 0.2) is 4.79 Å². The van der Waals surface area contributed by atoms with Gasteiger partial charge in [0.25, 0.3) is 5.56 Å². The van der Waals surface area contributed by atoms with Gasteiger partial charge in [0.1, 0.15) is 5.82 Å². The molecular formula is C14H22N2O2S. The maximum atomic E-state index is 11.8. The maximum Gasteiger partial charge on any atom is 0.257 e. The van der Waals surface area contributed by atoms with E-state index in [-0.39, 0.29) is 11.4 Å². The number of rotatable bonds is 5. The molecular weight excluding hydrogens is 260 g/mol. The summed E-state index contributed by atoms with van der Waals surface area (Å²) in [6.07, 6.45) is 7.88. The minimum Gasteiger partial charge on any atom is -0.493 e. The van der Waals surface area contributed by atoms with E-state index >= 15 is 0 Å². The first kappa shape index (κ1) is 14.4. The number of aromatic amines is 1. The fourth-order valence-corrected chi connectivity index (χ4v) is 3.70. The van der Waals surface area contributed by atoms with Gasteiger partial charge < -0.3 is 10.1 Å². The van der Waals surface area contributed by atoms with Crippen LogP contribution in [-0.4, -0.2) is 20.3 Å². The molecule has 2 rings (SSSR count). The van der Waals surface area contributed by atoms with Crippen LogP contribution >= 0.6 is 11.8 Å². The fourth-order valence-electron chi connectivity index (χ4n) is 2.50. The quantitative estimate of drug-likeness (QED) is 0.871. The molecule has 0 spiro atoms. The lowest BCUT2D eigenvalue weighted by molar-refractivity contribution is 0.440. The first-order valence-electron chi connectivity index (χ1n) is 7.13. The van der Waals surface area contributed by atoms with Crippen molar-refractivity contribution in [1.82, 2.24) is 9.97 Å². The Morgan fingerprint density at radius 3 is 2.74 bits per heavy atom. The Bertz CT molecular complexity index is 467. The van der Waals surface area contributed by atoms with Crippen molar-refractivity contribution < 1.29 is 5.11 Å². The van der Waals surface area contributed by atoms with Gasteiger partial charge in [0.15, 0.2) is 0 Å². The van der Waals surface area contributed by atoms with E-state index in [1.54, 1.807) is 0 Å². The zero-order valence-corrected chi connectivity index (χ0v) is 12.3. The van der Waals surface area contributed by atoms with Crippen molar-refractivity contribution in [3.05, 3.63) is 21.7 Å². The molecule has 1 heterocycles. The van der Waals surface area contributed by atoms with E-state index in [4.69, 9.17) is 0 Å². The van der Waals surface area contributed by atoms with Crippen molar-refractivity contribution in [3.8, 4) is 5.88 Å². The van der Waals surface area contributed by atoms with E-state index in [0.29, 0.717) is 28.8 Å². The largest absolute Gasteiger partial charge is 0.493 e. The Hall–Kier alpha value is -0.970. The molecule has 1 aromatic heterocycles. The van der Waals surface area contributed by atoms with Gasteiger partial charge in [-0.05, 0) is 19.3 Å². The monoisotopic (exact) mass is 282 g/mol. The Morgan fingerprint density at radius 2 is 2.11 bits per heavy atom. The number of aromatic nitrogens is 2. The third-order valence-electron chi connectivity index (χ3n) is 3.55. The average Bonchev–Trinajstić information content (AvgIpc) is 2.42. The van der Waals surface area contributed by atoms with Gasteiger partial charge in [-0.1, -0.05) is 32.6 Å². The molecule has 2 N–H and O–H groups in total. The van der Waals surface area contributed by atoms with Crippen LogP contribution in [-0.2, 0) is 12.2 Å². The fraction of sp³-hybridized carbons (Fsp3) is 0.714. The van der Waals surface area contributed by atoms with Crippen LogP contribution < -0.4 is 5.56 Å². The summed E-state index contributed by atoms with van der Waals surface area (Å²) in [5, 5.41) is 10.5. The molecule has 0 atom stereocenters. The van der Waals surface area contributed by atoms with Gasteiger partial charge in [-0.15, -0.1) is 0 Å². The van der Waals surface area contributed by atoms with Crippen molar-refractivity contribution in [2.75, 3.05) is 0 Å². The minimum absolute atomic E-state index is 0.0927. The molecule has 0 saturated heterocycles. The molecule has 1 aromatic rings. The number of hydrogen-bond donors (Lipinski definition) is 2. The van der Waals surface area contributed by atoms with Crippen LogP contribution in [0.3, 0.4) is 0 Å². The topological polar surface area (TPSA) is 66.0 Å². The number of aromatic hydroxyl groups is 1. The molecule has 1 aliphatic rings. The van der Waals surface area contributed by atoms with Gasteiger partial charge in [-0.2, -0.15) is 16.7 Å². The van der Waals surface area contributed by atoms with E-state index in [9.17, 15) is 9.90 Å². The molecule has 106 valence electrons. The zero-order chi connectivity index (χ0) is 13.7.